The van der Waals surface area contributed by atoms with Crippen molar-refractivity contribution in [3.63, 3.8) is 0 Å². The van der Waals surface area contributed by atoms with Crippen molar-refractivity contribution in [1.29, 1.82) is 0 Å². The molecule has 0 radical (unpaired) electrons. The van der Waals surface area contributed by atoms with Crippen LogP contribution in [-0.4, -0.2) is 162 Å². The van der Waals surface area contributed by atoms with E-state index >= 15 is 0 Å². The van der Waals surface area contributed by atoms with Crippen molar-refractivity contribution in [1.82, 2.24) is 4.90 Å². The van der Waals surface area contributed by atoms with Crippen molar-refractivity contribution in [2.75, 3.05) is 34.4 Å². The predicted octanol–water partition coefficient (Wildman–Crippen LogP) is 2.54. The Morgan fingerprint density at radius 2 is 1.52 bits per heavy atom. The number of carbonyl (C=O) groups is 4. The molecule has 3 saturated heterocycles. The minimum Gasteiger partial charge on any atom is -0.466 e. The first-order chi connectivity index (χ1) is 27.8. The molecule has 3 rings (SSSR count). The number of Topliss-reactive ketones (excluding diaryl/α,β-unsaturated/α-hetero) is 1. The largest absolute Gasteiger partial charge is 0.466 e. The quantitative estimate of drug-likeness (QED) is 0.163. The van der Waals surface area contributed by atoms with Gasteiger partial charge in [0.05, 0.1) is 62.0 Å². The molecule has 0 spiro atoms. The number of esters is 3. The summed E-state index contributed by atoms with van der Waals surface area (Å²) in [6, 6.07) is -0.231. The Morgan fingerprint density at radius 3 is 2.08 bits per heavy atom. The second-order valence-corrected chi connectivity index (χ2v) is 18.2. The van der Waals surface area contributed by atoms with Crippen molar-refractivity contribution in [2.45, 2.75) is 186 Å². The van der Waals surface area contributed by atoms with Crippen LogP contribution in [0.4, 0.5) is 0 Å². The van der Waals surface area contributed by atoms with E-state index in [1.807, 2.05) is 25.9 Å². The van der Waals surface area contributed by atoms with Crippen molar-refractivity contribution < 1.29 is 77.5 Å². The standard InChI is InChI=1S/C43H75NO16/c1-15-31-42(10,52)36(49)23(4)34(48)22(3)20-41(9,51)37(24(5)35(25(6)38(50)58-31)59-39-26(7)43(11,53-14)30(45)21-55-39)60-40-29(19-28(44(12)13)27(8)56-40)57-33(47)18-17-32(46)54-16-2/h22-31,35-37,39-40,45,49,51-52H,15-21H2,1-14H3/t22-,23+,24+,25-,26+,27?,28-,29-,30-,31-,35-,36-,37-,39-,40+,41-,42-,43+/m1/s1. The number of hydrogen-bond donors (Lipinski definition) is 4. The Hall–Kier alpha value is -2.32. The van der Waals surface area contributed by atoms with Crippen molar-refractivity contribution in [3.05, 3.63) is 0 Å². The zero-order valence-corrected chi connectivity index (χ0v) is 38.2. The SMILES string of the molecule is CCOC(=O)CCC(=O)O[C@@H]1C[C@@H](N(C)C)C(C)O[C@H]1O[C@@H]1[C@@H](C)[C@@H](O[C@H]2OC[C@@H](O)[C@@](C)(OC)[C@H]2C)[C@@H](C)C(=O)O[C@H](CC)[C@@](C)(O)[C@H](O)[C@@H](C)C(=O)[C@H](C)C[C@@]1(C)O. The fourth-order valence-corrected chi connectivity index (χ4v) is 9.14. The fourth-order valence-electron chi connectivity index (χ4n) is 9.14. The first kappa shape index (κ1) is 52.0. The molecule has 18 atom stereocenters. The number of ketones is 1. The summed E-state index contributed by atoms with van der Waals surface area (Å²) in [5.41, 5.74) is -5.06. The van der Waals surface area contributed by atoms with Crippen molar-refractivity contribution >= 4 is 23.7 Å². The normalized spacial score (nSPS) is 43.8. The number of nitrogens with zero attached hydrogens (tertiary/aromatic N) is 1. The summed E-state index contributed by atoms with van der Waals surface area (Å²) in [4.78, 5) is 55.6. The van der Waals surface area contributed by atoms with Gasteiger partial charge >= 0.3 is 17.9 Å². The third-order valence-electron chi connectivity index (χ3n) is 13.3. The van der Waals surface area contributed by atoms with Gasteiger partial charge < -0.3 is 63.2 Å². The third-order valence-corrected chi connectivity index (χ3v) is 13.3. The average Bonchev–Trinajstić information content (AvgIpc) is 3.18. The summed E-state index contributed by atoms with van der Waals surface area (Å²) < 4.78 is 48.7. The van der Waals surface area contributed by atoms with Gasteiger partial charge in [-0.3, -0.25) is 19.2 Å². The molecule has 17 nitrogen and oxygen atoms in total. The molecule has 1 unspecified atom stereocenters. The third kappa shape index (κ3) is 11.8. The second kappa shape index (κ2) is 21.4. The predicted molar refractivity (Wildman–Crippen MR) is 216 cm³/mol. The Labute approximate surface area is 356 Å². The van der Waals surface area contributed by atoms with Gasteiger partial charge in [-0.1, -0.05) is 34.6 Å². The molecule has 3 fully saturated rings. The Bertz CT molecular complexity index is 1440. The fraction of sp³-hybridized carbons (Fsp3) is 0.907. The van der Waals surface area contributed by atoms with Crippen molar-refractivity contribution in [3.8, 4) is 0 Å². The molecule has 4 N–H and O–H groups in total. The van der Waals surface area contributed by atoms with Crippen molar-refractivity contribution in [2.24, 2.45) is 29.6 Å². The van der Waals surface area contributed by atoms with Gasteiger partial charge in [0, 0.05) is 43.2 Å². The molecule has 3 aliphatic rings. The number of methoxy groups -OCH3 is 1. The molecule has 0 amide bonds. The molecule has 3 aliphatic heterocycles. The van der Waals surface area contributed by atoms with Crippen LogP contribution in [0.1, 0.15) is 108 Å². The molecule has 0 aromatic heterocycles. The lowest BCUT2D eigenvalue weighted by atomic mass is 9.74. The lowest BCUT2D eigenvalue weighted by molar-refractivity contribution is -0.321. The van der Waals surface area contributed by atoms with E-state index < -0.39 is 125 Å². The number of cyclic esters (lactones) is 1. The number of ether oxygens (including phenoxy) is 8. The van der Waals surface area contributed by atoms with Crippen LogP contribution in [0.15, 0.2) is 0 Å². The second-order valence-electron chi connectivity index (χ2n) is 18.2. The van der Waals surface area contributed by atoms with Gasteiger partial charge in [-0.2, -0.15) is 0 Å². The molecule has 0 aromatic rings. The number of hydrogen-bond acceptors (Lipinski definition) is 17. The van der Waals surface area contributed by atoms with Gasteiger partial charge in [-0.15, -0.1) is 0 Å². The number of likely N-dealkylation sites (N-methyl/N-ethyl adjacent to an activating group) is 1. The van der Waals surface area contributed by atoms with Gasteiger partial charge in [0.1, 0.15) is 29.2 Å². The van der Waals surface area contributed by atoms with E-state index in [1.165, 1.54) is 27.9 Å². The molecule has 0 aromatic carbocycles. The topological polar surface area (TPSA) is 226 Å². The molecule has 348 valence electrons. The van der Waals surface area contributed by atoms with E-state index in [2.05, 4.69) is 0 Å². The Kier molecular flexibility index (Phi) is 18.5. The zero-order valence-electron chi connectivity index (χ0n) is 38.2. The Morgan fingerprint density at radius 1 is 0.900 bits per heavy atom. The van der Waals surface area contributed by atoms with Gasteiger partial charge in [0.2, 0.25) is 0 Å². The minimum absolute atomic E-state index is 0.0956. The van der Waals surface area contributed by atoms with Crippen LogP contribution in [0.5, 0.6) is 0 Å². The van der Waals surface area contributed by atoms with Crippen LogP contribution in [0.3, 0.4) is 0 Å². The summed E-state index contributed by atoms with van der Waals surface area (Å²) in [7, 11) is 5.19. The monoisotopic (exact) mass is 862 g/mol. The molecular weight excluding hydrogens is 786 g/mol. The summed E-state index contributed by atoms with van der Waals surface area (Å²) >= 11 is 0. The maximum atomic E-state index is 14.3. The van der Waals surface area contributed by atoms with E-state index in [4.69, 9.17) is 37.9 Å². The van der Waals surface area contributed by atoms with E-state index in [0.29, 0.717) is 0 Å². The molecule has 17 heteroatoms. The summed E-state index contributed by atoms with van der Waals surface area (Å²) in [5.74, 6) is -7.23. The van der Waals surface area contributed by atoms with E-state index in [9.17, 15) is 39.6 Å². The first-order valence-corrected chi connectivity index (χ1v) is 21.5. The summed E-state index contributed by atoms with van der Waals surface area (Å²) in [6.07, 6.45) is -10.5. The number of rotatable bonds is 12. The molecule has 3 heterocycles. The average molecular weight is 862 g/mol. The van der Waals surface area contributed by atoms with Gasteiger partial charge in [-0.25, -0.2) is 0 Å². The van der Waals surface area contributed by atoms with Crippen LogP contribution in [0.2, 0.25) is 0 Å². The highest BCUT2D eigenvalue weighted by Gasteiger charge is 2.54. The van der Waals surface area contributed by atoms with Gasteiger partial charge in [0.25, 0.3) is 0 Å². The number of aliphatic hydroxyl groups is 4. The van der Waals surface area contributed by atoms with Crippen LogP contribution in [0, 0.1) is 29.6 Å². The smallest absolute Gasteiger partial charge is 0.311 e. The van der Waals surface area contributed by atoms with Crippen LogP contribution in [-0.2, 0) is 57.1 Å². The zero-order chi connectivity index (χ0) is 45.7. The van der Waals surface area contributed by atoms with Gasteiger partial charge in [0.15, 0.2) is 18.7 Å². The molecule has 60 heavy (non-hydrogen) atoms. The molecule has 0 saturated carbocycles. The maximum absolute atomic E-state index is 14.3. The summed E-state index contributed by atoms with van der Waals surface area (Å²) in [5, 5.41) is 46.7. The number of carbonyl (C=O) groups excluding carboxylic acids is 4. The molecule has 0 bridgehead atoms. The molecular formula is C43H75NO16. The van der Waals surface area contributed by atoms with Gasteiger partial charge in [-0.05, 0) is 68.5 Å². The Balaban J connectivity index is 2.20. The molecule has 0 aliphatic carbocycles. The van der Waals surface area contributed by atoms with E-state index in [-0.39, 0.29) is 51.4 Å². The van der Waals surface area contributed by atoms with E-state index in [1.54, 1.807) is 48.5 Å². The summed E-state index contributed by atoms with van der Waals surface area (Å²) in [6.45, 7) is 17.9. The van der Waals surface area contributed by atoms with E-state index in [0.717, 1.165) is 0 Å². The minimum atomic E-state index is -2.04. The van der Waals surface area contributed by atoms with Crippen LogP contribution in [0.25, 0.3) is 0 Å². The highest BCUT2D eigenvalue weighted by molar-refractivity contribution is 5.83. The van der Waals surface area contributed by atoms with Crippen LogP contribution < -0.4 is 0 Å². The first-order valence-electron chi connectivity index (χ1n) is 21.5. The highest BCUT2D eigenvalue weighted by atomic mass is 16.7. The maximum Gasteiger partial charge on any atom is 0.311 e. The lowest BCUT2D eigenvalue weighted by Gasteiger charge is -2.50. The highest BCUT2D eigenvalue weighted by Crippen LogP contribution is 2.41. The number of aliphatic hydroxyl groups excluding tert-OH is 2. The van der Waals surface area contributed by atoms with Crippen LogP contribution >= 0.6 is 0 Å². The lowest BCUT2D eigenvalue weighted by Crippen LogP contribution is -2.61.